The van der Waals surface area contributed by atoms with Crippen LogP contribution in [0.25, 0.3) is 11.1 Å². The Morgan fingerprint density at radius 2 is 1.59 bits per heavy atom. The third-order valence-corrected chi connectivity index (χ3v) is 9.02. The number of nitrogens with one attached hydrogen (secondary N) is 1. The summed E-state index contributed by atoms with van der Waals surface area (Å²) in [6.45, 7) is 5.01. The molecule has 1 aromatic heterocycles. The Morgan fingerprint density at radius 3 is 2.20 bits per heavy atom. The van der Waals surface area contributed by atoms with Crippen molar-refractivity contribution in [2.24, 2.45) is 0 Å². The van der Waals surface area contributed by atoms with Crippen molar-refractivity contribution < 1.29 is 22.8 Å². The monoisotopic (exact) mass is 620 g/mol. The molecule has 0 spiro atoms. The number of aromatic nitrogens is 1. The fraction of sp³-hybridized carbons (Fsp3) is 0.324. The van der Waals surface area contributed by atoms with Crippen LogP contribution >= 0.6 is 11.3 Å². The highest BCUT2D eigenvalue weighted by molar-refractivity contribution is 7.09. The molecule has 1 atom stereocenters. The summed E-state index contributed by atoms with van der Waals surface area (Å²) in [6, 6.07) is 21.7. The summed E-state index contributed by atoms with van der Waals surface area (Å²) in [4.78, 5) is 35.6. The maximum atomic E-state index is 13.7. The van der Waals surface area contributed by atoms with Gasteiger partial charge in [-0.15, -0.1) is 11.3 Å². The normalized spacial score (nSPS) is 14.9. The van der Waals surface area contributed by atoms with E-state index >= 15 is 0 Å². The van der Waals surface area contributed by atoms with Crippen molar-refractivity contribution >= 4 is 23.2 Å². The van der Waals surface area contributed by atoms with Crippen molar-refractivity contribution in [3.8, 4) is 11.1 Å². The number of rotatable bonds is 8. The topological polar surface area (TPSA) is 65.5 Å². The zero-order valence-corrected chi connectivity index (χ0v) is 25.7. The first kappa shape index (κ1) is 31.4. The number of nitrogens with zero attached hydrogens (tertiary/aromatic N) is 3. The molecule has 1 aliphatic rings. The average Bonchev–Trinajstić information content (AvgIpc) is 3.53. The summed E-state index contributed by atoms with van der Waals surface area (Å²) >= 11 is 1.47. The minimum atomic E-state index is -4.42. The third kappa shape index (κ3) is 6.71. The average molecular weight is 621 g/mol. The fourth-order valence-corrected chi connectivity index (χ4v) is 6.68. The molecule has 1 saturated heterocycles. The van der Waals surface area contributed by atoms with Gasteiger partial charge in [0.25, 0.3) is 11.8 Å². The van der Waals surface area contributed by atoms with Crippen LogP contribution in [-0.2, 0) is 6.18 Å². The van der Waals surface area contributed by atoms with Crippen LogP contribution in [0.5, 0.6) is 0 Å². The number of amides is 2. The van der Waals surface area contributed by atoms with Gasteiger partial charge in [-0.2, -0.15) is 13.2 Å². The van der Waals surface area contributed by atoms with Gasteiger partial charge in [0.05, 0.1) is 10.6 Å². The molecule has 230 valence electrons. The quantitative estimate of drug-likeness (QED) is 0.206. The highest BCUT2D eigenvalue weighted by atomic mass is 32.1. The number of likely N-dealkylation sites (tertiary alicyclic amines) is 1. The van der Waals surface area contributed by atoms with Crippen LogP contribution < -0.4 is 5.32 Å². The van der Waals surface area contributed by atoms with E-state index < -0.39 is 11.7 Å². The molecule has 1 aliphatic heterocycles. The molecule has 4 aromatic rings. The van der Waals surface area contributed by atoms with E-state index in [2.05, 4.69) is 5.32 Å². The van der Waals surface area contributed by atoms with E-state index in [0.29, 0.717) is 48.3 Å². The van der Waals surface area contributed by atoms with Gasteiger partial charge in [-0.25, -0.2) is 4.98 Å². The van der Waals surface area contributed by atoms with E-state index in [1.165, 1.54) is 23.5 Å². The summed E-state index contributed by atoms with van der Waals surface area (Å²) in [5.74, 6) is -0.170. The SMILES string of the molecule is CNC(c1ccccc1)N(C(=O)c1csc(C2CCN(C(=O)c3ccccc3-c3ccc(C(F)(F)F)cc3)CC2)n1)C(C)C. The van der Waals surface area contributed by atoms with Gasteiger partial charge < -0.3 is 9.80 Å². The first-order valence-corrected chi connectivity index (χ1v) is 15.5. The van der Waals surface area contributed by atoms with Gasteiger partial charge in [-0.3, -0.25) is 14.9 Å². The first-order valence-electron chi connectivity index (χ1n) is 14.6. The highest BCUT2D eigenvalue weighted by Gasteiger charge is 2.32. The van der Waals surface area contributed by atoms with Crippen LogP contribution in [0, 0.1) is 0 Å². The predicted octanol–water partition coefficient (Wildman–Crippen LogP) is 7.62. The number of carbonyl (C=O) groups excluding carboxylic acids is 2. The van der Waals surface area contributed by atoms with Gasteiger partial charge in [0, 0.05) is 36.0 Å². The smallest absolute Gasteiger partial charge is 0.339 e. The van der Waals surface area contributed by atoms with E-state index in [9.17, 15) is 22.8 Å². The lowest BCUT2D eigenvalue weighted by molar-refractivity contribution is -0.137. The lowest BCUT2D eigenvalue weighted by Crippen LogP contribution is -2.45. The molecule has 0 aliphatic carbocycles. The van der Waals surface area contributed by atoms with Gasteiger partial charge in [0.1, 0.15) is 11.9 Å². The number of hydrogen-bond donors (Lipinski definition) is 1. The van der Waals surface area contributed by atoms with Crippen LogP contribution in [0.2, 0.25) is 0 Å². The van der Waals surface area contributed by atoms with Crippen molar-refractivity contribution in [3.05, 3.63) is 112 Å². The molecule has 1 unspecified atom stereocenters. The molecule has 2 heterocycles. The Balaban J connectivity index is 1.26. The number of carbonyl (C=O) groups is 2. The van der Waals surface area contributed by atoms with Crippen LogP contribution in [0.1, 0.15) is 75.8 Å². The minimum Gasteiger partial charge on any atom is -0.339 e. The molecular weight excluding hydrogens is 585 g/mol. The van der Waals surface area contributed by atoms with E-state index in [0.717, 1.165) is 22.7 Å². The van der Waals surface area contributed by atoms with Gasteiger partial charge in [-0.1, -0.05) is 60.7 Å². The molecule has 0 radical (unpaired) electrons. The number of thiazole rings is 1. The molecule has 0 bridgehead atoms. The van der Waals surface area contributed by atoms with Crippen LogP contribution in [0.3, 0.4) is 0 Å². The van der Waals surface area contributed by atoms with Crippen LogP contribution in [0.15, 0.2) is 84.2 Å². The number of halogens is 3. The second kappa shape index (κ2) is 13.3. The standard InChI is InChI=1S/C34H35F3N4O2S/c1-22(2)41(30(38-3)24-9-5-4-6-10-24)33(43)29-21-44-31(39-29)25-17-19-40(20-18-25)32(42)28-12-8-7-11-27(28)23-13-15-26(16-14-23)34(35,36)37/h4-16,21-22,25,30,38H,17-20H2,1-3H3. The van der Waals surface area contributed by atoms with Crippen LogP contribution in [0.4, 0.5) is 13.2 Å². The summed E-state index contributed by atoms with van der Waals surface area (Å²) in [6.07, 6.45) is -3.32. The van der Waals surface area contributed by atoms with E-state index in [1.807, 2.05) is 61.5 Å². The Morgan fingerprint density at radius 1 is 0.955 bits per heavy atom. The predicted molar refractivity (Wildman–Crippen MR) is 166 cm³/mol. The molecular formula is C34H35F3N4O2S. The molecule has 6 nitrogen and oxygen atoms in total. The van der Waals surface area contributed by atoms with Crippen molar-refractivity contribution in [1.29, 1.82) is 0 Å². The lowest BCUT2D eigenvalue weighted by atomic mass is 9.94. The van der Waals surface area contributed by atoms with E-state index in [4.69, 9.17) is 4.98 Å². The molecule has 0 saturated carbocycles. The number of hydrogen-bond acceptors (Lipinski definition) is 5. The maximum Gasteiger partial charge on any atom is 0.416 e. The molecule has 2 amide bonds. The maximum absolute atomic E-state index is 13.7. The van der Waals surface area contributed by atoms with E-state index in [1.54, 1.807) is 29.2 Å². The molecule has 10 heteroatoms. The molecule has 5 rings (SSSR count). The largest absolute Gasteiger partial charge is 0.416 e. The van der Waals surface area contributed by atoms with Gasteiger partial charge in [0.2, 0.25) is 0 Å². The first-order chi connectivity index (χ1) is 21.1. The van der Waals surface area contributed by atoms with Crippen molar-refractivity contribution in [2.45, 2.75) is 51.0 Å². The number of alkyl halides is 3. The number of benzene rings is 3. The van der Waals surface area contributed by atoms with Crippen molar-refractivity contribution in [3.63, 3.8) is 0 Å². The Labute approximate surface area is 259 Å². The summed E-state index contributed by atoms with van der Waals surface area (Å²) in [7, 11) is 1.84. The van der Waals surface area contributed by atoms with Gasteiger partial charge in [-0.05, 0) is 68.6 Å². The zero-order chi connectivity index (χ0) is 31.4. The molecule has 3 aromatic carbocycles. The van der Waals surface area contributed by atoms with Gasteiger partial charge >= 0.3 is 6.18 Å². The second-order valence-corrected chi connectivity index (χ2v) is 12.1. The molecule has 1 N–H and O–H groups in total. The fourth-order valence-electron chi connectivity index (χ4n) is 5.72. The summed E-state index contributed by atoms with van der Waals surface area (Å²) < 4.78 is 39.2. The summed E-state index contributed by atoms with van der Waals surface area (Å²) in [5, 5.41) is 5.98. The van der Waals surface area contributed by atoms with E-state index in [-0.39, 0.29) is 29.9 Å². The third-order valence-electron chi connectivity index (χ3n) is 8.01. The Kier molecular flexibility index (Phi) is 9.51. The second-order valence-electron chi connectivity index (χ2n) is 11.2. The Hall–Kier alpha value is -4.02. The highest BCUT2D eigenvalue weighted by Crippen LogP contribution is 2.35. The van der Waals surface area contributed by atoms with Crippen molar-refractivity contribution in [1.82, 2.24) is 20.1 Å². The number of piperidine rings is 1. The van der Waals surface area contributed by atoms with Gasteiger partial charge in [0.15, 0.2) is 0 Å². The summed E-state index contributed by atoms with van der Waals surface area (Å²) in [5.41, 5.74) is 2.29. The van der Waals surface area contributed by atoms with Crippen LogP contribution in [-0.4, -0.2) is 52.8 Å². The molecule has 1 fully saturated rings. The zero-order valence-electron chi connectivity index (χ0n) is 24.8. The molecule has 44 heavy (non-hydrogen) atoms. The Bertz CT molecular complexity index is 1580. The van der Waals surface area contributed by atoms with Crippen molar-refractivity contribution in [2.75, 3.05) is 20.1 Å². The lowest BCUT2D eigenvalue weighted by Gasteiger charge is -2.34. The minimum absolute atomic E-state index is 0.0648.